The van der Waals surface area contributed by atoms with Crippen LogP contribution < -0.4 is 5.32 Å². The van der Waals surface area contributed by atoms with E-state index in [9.17, 15) is 4.79 Å². The van der Waals surface area contributed by atoms with E-state index in [2.05, 4.69) is 25.7 Å². The zero-order valence-corrected chi connectivity index (χ0v) is 10.3. The third-order valence-electron chi connectivity index (χ3n) is 3.05. The monoisotopic (exact) mass is 255 g/mol. The molecule has 3 aromatic rings. The summed E-state index contributed by atoms with van der Waals surface area (Å²) >= 11 is 0. The van der Waals surface area contributed by atoms with Crippen molar-refractivity contribution in [3.63, 3.8) is 0 Å². The highest BCUT2D eigenvalue weighted by molar-refractivity contribution is 6.04. The highest BCUT2D eigenvalue weighted by Gasteiger charge is 2.16. The lowest BCUT2D eigenvalue weighted by Crippen LogP contribution is -2.26. The van der Waals surface area contributed by atoms with E-state index >= 15 is 0 Å². The van der Waals surface area contributed by atoms with Crippen LogP contribution in [0.3, 0.4) is 0 Å². The number of H-pyrrole nitrogens is 2. The van der Waals surface area contributed by atoms with E-state index in [0.717, 1.165) is 16.5 Å². The Kier molecular flexibility index (Phi) is 2.75. The molecule has 0 aliphatic heterocycles. The van der Waals surface area contributed by atoms with Crippen LogP contribution in [-0.4, -0.2) is 26.3 Å². The molecule has 1 aromatic carbocycles. The third kappa shape index (κ3) is 2.08. The molecule has 0 saturated carbocycles. The number of carbonyl (C=O) groups excluding carboxylic acids is 1. The van der Waals surface area contributed by atoms with Crippen LogP contribution in [0.4, 0.5) is 0 Å². The lowest BCUT2D eigenvalue weighted by atomic mass is 10.1. The minimum atomic E-state index is -0.203. The Balaban J connectivity index is 1.84. The zero-order chi connectivity index (χ0) is 13.2. The molecule has 0 fully saturated rings. The minimum absolute atomic E-state index is 0.123. The van der Waals surface area contributed by atoms with Crippen molar-refractivity contribution in [1.29, 1.82) is 0 Å². The molecule has 6 heteroatoms. The SMILES string of the molecule is CC(NC(=O)c1n[nH]c2ccccc12)c1cn[nH]c1. The quantitative estimate of drug-likeness (QED) is 0.666. The van der Waals surface area contributed by atoms with E-state index in [-0.39, 0.29) is 11.9 Å². The van der Waals surface area contributed by atoms with Crippen LogP contribution in [0.5, 0.6) is 0 Å². The van der Waals surface area contributed by atoms with E-state index in [4.69, 9.17) is 0 Å². The highest BCUT2D eigenvalue weighted by atomic mass is 16.2. The summed E-state index contributed by atoms with van der Waals surface area (Å²) in [5, 5.41) is 17.2. The maximum atomic E-state index is 12.2. The van der Waals surface area contributed by atoms with Crippen molar-refractivity contribution in [3.05, 3.63) is 47.9 Å². The topological polar surface area (TPSA) is 86.5 Å². The summed E-state index contributed by atoms with van der Waals surface area (Å²) in [7, 11) is 0. The van der Waals surface area contributed by atoms with E-state index in [1.807, 2.05) is 31.2 Å². The molecule has 0 radical (unpaired) electrons. The number of aromatic nitrogens is 4. The van der Waals surface area contributed by atoms with Crippen molar-refractivity contribution in [2.24, 2.45) is 0 Å². The van der Waals surface area contributed by atoms with Crippen molar-refractivity contribution in [2.75, 3.05) is 0 Å². The molecule has 3 N–H and O–H groups in total. The fourth-order valence-corrected chi connectivity index (χ4v) is 1.98. The molecule has 1 unspecified atom stereocenters. The van der Waals surface area contributed by atoms with Gasteiger partial charge in [-0.2, -0.15) is 10.2 Å². The summed E-state index contributed by atoms with van der Waals surface area (Å²) in [4.78, 5) is 12.2. The van der Waals surface area contributed by atoms with Crippen molar-refractivity contribution >= 4 is 16.8 Å². The smallest absolute Gasteiger partial charge is 0.272 e. The van der Waals surface area contributed by atoms with Crippen LogP contribution in [0.15, 0.2) is 36.7 Å². The number of hydrogen-bond acceptors (Lipinski definition) is 3. The fourth-order valence-electron chi connectivity index (χ4n) is 1.98. The maximum absolute atomic E-state index is 12.2. The third-order valence-corrected chi connectivity index (χ3v) is 3.05. The molecule has 19 heavy (non-hydrogen) atoms. The second-order valence-electron chi connectivity index (χ2n) is 4.34. The molecule has 0 aliphatic rings. The van der Waals surface area contributed by atoms with Gasteiger partial charge in [0.25, 0.3) is 5.91 Å². The Hall–Kier alpha value is -2.63. The van der Waals surface area contributed by atoms with Crippen LogP contribution in [0.25, 0.3) is 10.9 Å². The molecule has 2 heterocycles. The van der Waals surface area contributed by atoms with Crippen molar-refractivity contribution < 1.29 is 4.79 Å². The first-order valence-corrected chi connectivity index (χ1v) is 5.98. The van der Waals surface area contributed by atoms with Crippen LogP contribution >= 0.6 is 0 Å². The van der Waals surface area contributed by atoms with Gasteiger partial charge in [0.2, 0.25) is 0 Å². The van der Waals surface area contributed by atoms with E-state index in [1.165, 1.54) is 0 Å². The van der Waals surface area contributed by atoms with Gasteiger partial charge in [0, 0.05) is 17.1 Å². The van der Waals surface area contributed by atoms with Crippen molar-refractivity contribution in [3.8, 4) is 0 Å². The Bertz CT molecular complexity index is 701. The van der Waals surface area contributed by atoms with Gasteiger partial charge in [-0.3, -0.25) is 15.0 Å². The molecule has 1 atom stereocenters. The first-order valence-electron chi connectivity index (χ1n) is 5.98. The van der Waals surface area contributed by atoms with E-state index in [1.54, 1.807) is 12.4 Å². The van der Waals surface area contributed by atoms with Crippen LogP contribution in [0, 0.1) is 0 Å². The first-order chi connectivity index (χ1) is 9.25. The number of benzene rings is 1. The predicted molar refractivity (Wildman–Crippen MR) is 70.6 cm³/mol. The Labute approximate surface area is 109 Å². The van der Waals surface area contributed by atoms with Crippen LogP contribution in [0.2, 0.25) is 0 Å². The van der Waals surface area contributed by atoms with Gasteiger partial charge in [0.15, 0.2) is 5.69 Å². The number of fused-ring (bicyclic) bond motifs is 1. The lowest BCUT2D eigenvalue weighted by molar-refractivity contribution is 0.0936. The minimum Gasteiger partial charge on any atom is -0.344 e. The number of nitrogens with one attached hydrogen (secondary N) is 3. The number of para-hydroxylation sites is 1. The van der Waals surface area contributed by atoms with Gasteiger partial charge in [-0.15, -0.1) is 0 Å². The normalized spacial score (nSPS) is 12.5. The van der Waals surface area contributed by atoms with Crippen molar-refractivity contribution in [1.82, 2.24) is 25.7 Å². The summed E-state index contributed by atoms with van der Waals surface area (Å²) < 4.78 is 0. The summed E-state index contributed by atoms with van der Waals surface area (Å²) in [6.07, 6.45) is 3.45. The molecular formula is C13H13N5O. The largest absolute Gasteiger partial charge is 0.344 e. The van der Waals surface area contributed by atoms with Gasteiger partial charge in [-0.1, -0.05) is 18.2 Å². The summed E-state index contributed by atoms with van der Waals surface area (Å²) in [5.74, 6) is -0.203. The molecule has 3 rings (SSSR count). The zero-order valence-electron chi connectivity index (χ0n) is 10.3. The number of carbonyl (C=O) groups is 1. The molecular weight excluding hydrogens is 242 g/mol. The average molecular weight is 255 g/mol. The lowest BCUT2D eigenvalue weighted by Gasteiger charge is -2.10. The Morgan fingerprint density at radius 2 is 2.21 bits per heavy atom. The molecule has 0 spiro atoms. The van der Waals surface area contributed by atoms with E-state index < -0.39 is 0 Å². The molecule has 6 nitrogen and oxygen atoms in total. The second-order valence-corrected chi connectivity index (χ2v) is 4.34. The van der Waals surface area contributed by atoms with Gasteiger partial charge >= 0.3 is 0 Å². The van der Waals surface area contributed by atoms with Crippen LogP contribution in [0.1, 0.15) is 29.0 Å². The van der Waals surface area contributed by atoms with Gasteiger partial charge in [-0.05, 0) is 13.0 Å². The van der Waals surface area contributed by atoms with E-state index in [0.29, 0.717) is 5.69 Å². The van der Waals surface area contributed by atoms with Gasteiger partial charge in [0.05, 0.1) is 17.8 Å². The summed E-state index contributed by atoms with van der Waals surface area (Å²) in [6.45, 7) is 1.90. The molecule has 0 saturated heterocycles. The van der Waals surface area contributed by atoms with Gasteiger partial charge < -0.3 is 5.32 Å². The Morgan fingerprint density at radius 3 is 3.00 bits per heavy atom. The standard InChI is InChI=1S/C13H13N5O/c1-8(9-6-14-15-7-9)16-13(19)12-10-4-2-3-5-11(10)17-18-12/h2-8H,1H3,(H,14,15)(H,16,19)(H,17,18). The summed E-state index contributed by atoms with van der Waals surface area (Å²) in [6, 6.07) is 7.42. The van der Waals surface area contributed by atoms with Gasteiger partial charge in [-0.25, -0.2) is 0 Å². The maximum Gasteiger partial charge on any atom is 0.272 e. The number of nitrogens with zero attached hydrogens (tertiary/aromatic N) is 2. The molecule has 1 amide bonds. The Morgan fingerprint density at radius 1 is 1.37 bits per heavy atom. The first kappa shape index (κ1) is 11.5. The molecule has 96 valence electrons. The van der Waals surface area contributed by atoms with Crippen molar-refractivity contribution in [2.45, 2.75) is 13.0 Å². The van der Waals surface area contributed by atoms with Gasteiger partial charge in [0.1, 0.15) is 0 Å². The van der Waals surface area contributed by atoms with Crippen LogP contribution in [-0.2, 0) is 0 Å². The average Bonchev–Trinajstić information content (AvgIpc) is 3.08. The predicted octanol–water partition coefficient (Wildman–Crippen LogP) is 1.78. The second kappa shape index (κ2) is 4.56. The number of hydrogen-bond donors (Lipinski definition) is 3. The number of amides is 1. The summed E-state index contributed by atoms with van der Waals surface area (Å²) in [5.41, 5.74) is 2.18. The highest BCUT2D eigenvalue weighted by Crippen LogP contribution is 2.16. The fraction of sp³-hybridized carbons (Fsp3) is 0.154. The number of aromatic amines is 2. The molecule has 0 aliphatic carbocycles. The molecule has 2 aromatic heterocycles. The molecule has 0 bridgehead atoms. The number of rotatable bonds is 3.